The van der Waals surface area contributed by atoms with Crippen LogP contribution in [0.5, 0.6) is 0 Å². The van der Waals surface area contributed by atoms with Crippen molar-refractivity contribution in [2.24, 2.45) is 5.92 Å². The minimum Gasteiger partial charge on any atom is -0.198 e. The highest BCUT2D eigenvalue weighted by molar-refractivity contribution is 5.38. The third-order valence-corrected chi connectivity index (χ3v) is 2.22. The SMILES string of the molecule is C#Cc1cccc(C(C#N)C(C)C)c1. The van der Waals surface area contributed by atoms with Gasteiger partial charge in [0, 0.05) is 5.56 Å². The Bertz CT molecular complexity index is 390. The Kier molecular flexibility index (Phi) is 3.32. The van der Waals surface area contributed by atoms with Crippen LogP contribution >= 0.6 is 0 Å². The van der Waals surface area contributed by atoms with Gasteiger partial charge in [-0.15, -0.1) is 6.42 Å². The summed E-state index contributed by atoms with van der Waals surface area (Å²) in [6.45, 7) is 4.08. The maximum absolute atomic E-state index is 9.01. The van der Waals surface area contributed by atoms with Gasteiger partial charge in [-0.05, 0) is 23.6 Å². The lowest BCUT2D eigenvalue weighted by Crippen LogP contribution is -2.04. The number of hydrogen-bond donors (Lipinski definition) is 0. The predicted molar refractivity (Wildman–Crippen MR) is 57.6 cm³/mol. The van der Waals surface area contributed by atoms with Crippen molar-refractivity contribution in [2.45, 2.75) is 19.8 Å². The lowest BCUT2D eigenvalue weighted by molar-refractivity contribution is 0.587. The molecule has 1 atom stereocenters. The first-order valence-electron chi connectivity index (χ1n) is 4.65. The molecule has 70 valence electrons. The number of nitrogens with zero attached hydrogens (tertiary/aromatic N) is 1. The van der Waals surface area contributed by atoms with E-state index in [0.717, 1.165) is 11.1 Å². The van der Waals surface area contributed by atoms with Crippen molar-refractivity contribution in [3.05, 3.63) is 35.4 Å². The van der Waals surface area contributed by atoms with Crippen LogP contribution in [0.4, 0.5) is 0 Å². The summed E-state index contributed by atoms with van der Waals surface area (Å²) in [4.78, 5) is 0. The van der Waals surface area contributed by atoms with Crippen molar-refractivity contribution >= 4 is 0 Å². The second-order valence-electron chi connectivity index (χ2n) is 3.62. The van der Waals surface area contributed by atoms with Crippen LogP contribution in [-0.4, -0.2) is 0 Å². The average Bonchev–Trinajstić information content (AvgIpc) is 2.19. The predicted octanol–water partition coefficient (Wildman–Crippen LogP) is 2.93. The summed E-state index contributed by atoms with van der Waals surface area (Å²) >= 11 is 0. The van der Waals surface area contributed by atoms with Crippen LogP contribution in [0.2, 0.25) is 0 Å². The number of hydrogen-bond acceptors (Lipinski definition) is 1. The van der Waals surface area contributed by atoms with Gasteiger partial charge in [0.2, 0.25) is 0 Å². The molecule has 1 nitrogen and oxygen atoms in total. The molecule has 1 unspecified atom stereocenters. The minimum absolute atomic E-state index is 0.0664. The number of benzene rings is 1. The molecule has 0 aliphatic carbocycles. The maximum Gasteiger partial charge on any atom is 0.0736 e. The van der Waals surface area contributed by atoms with Gasteiger partial charge >= 0.3 is 0 Å². The molecule has 0 bridgehead atoms. The third-order valence-electron chi connectivity index (χ3n) is 2.22. The van der Waals surface area contributed by atoms with Crippen molar-refractivity contribution in [2.75, 3.05) is 0 Å². The second-order valence-corrected chi connectivity index (χ2v) is 3.62. The Morgan fingerprint density at radius 1 is 1.36 bits per heavy atom. The van der Waals surface area contributed by atoms with Crippen molar-refractivity contribution in [1.82, 2.24) is 0 Å². The molecule has 0 radical (unpaired) electrons. The van der Waals surface area contributed by atoms with Gasteiger partial charge < -0.3 is 0 Å². The van der Waals surface area contributed by atoms with E-state index in [1.807, 2.05) is 38.1 Å². The fourth-order valence-corrected chi connectivity index (χ4v) is 1.43. The van der Waals surface area contributed by atoms with Gasteiger partial charge in [0.1, 0.15) is 0 Å². The van der Waals surface area contributed by atoms with E-state index in [-0.39, 0.29) is 5.92 Å². The molecule has 0 saturated heterocycles. The Balaban J connectivity index is 3.07. The average molecular weight is 183 g/mol. The fraction of sp³-hybridized carbons (Fsp3) is 0.308. The summed E-state index contributed by atoms with van der Waals surface area (Å²) in [5.41, 5.74) is 1.85. The van der Waals surface area contributed by atoms with Gasteiger partial charge in [0.25, 0.3) is 0 Å². The molecule has 1 aromatic rings. The van der Waals surface area contributed by atoms with Crippen LogP contribution in [0, 0.1) is 29.6 Å². The third kappa shape index (κ3) is 2.15. The molecule has 1 rings (SSSR count). The maximum atomic E-state index is 9.01. The highest BCUT2D eigenvalue weighted by Gasteiger charge is 2.14. The minimum atomic E-state index is -0.0664. The number of terminal acetylenes is 1. The highest BCUT2D eigenvalue weighted by Crippen LogP contribution is 2.23. The summed E-state index contributed by atoms with van der Waals surface area (Å²) in [5, 5.41) is 9.01. The lowest BCUT2D eigenvalue weighted by Gasteiger charge is -2.13. The summed E-state index contributed by atoms with van der Waals surface area (Å²) in [5.74, 6) is 2.82. The Hall–Kier alpha value is -1.73. The topological polar surface area (TPSA) is 23.8 Å². The molecule has 0 saturated carbocycles. The van der Waals surface area contributed by atoms with Gasteiger partial charge in [-0.3, -0.25) is 0 Å². The molecule has 1 heteroatoms. The highest BCUT2D eigenvalue weighted by atomic mass is 14.3. The van der Waals surface area contributed by atoms with Gasteiger partial charge in [0.05, 0.1) is 12.0 Å². The molecular weight excluding hydrogens is 170 g/mol. The van der Waals surface area contributed by atoms with E-state index >= 15 is 0 Å². The Morgan fingerprint density at radius 3 is 2.57 bits per heavy atom. The standard InChI is InChI=1S/C13H13N/c1-4-11-6-5-7-12(8-11)13(9-14)10(2)3/h1,5-8,10,13H,2-3H3. The van der Waals surface area contributed by atoms with E-state index in [2.05, 4.69) is 12.0 Å². The molecular formula is C13H13N. The molecule has 0 heterocycles. The zero-order valence-corrected chi connectivity index (χ0v) is 8.49. The van der Waals surface area contributed by atoms with Gasteiger partial charge in [-0.2, -0.15) is 5.26 Å². The Labute approximate surface area is 85.4 Å². The smallest absolute Gasteiger partial charge is 0.0736 e. The van der Waals surface area contributed by atoms with E-state index in [0.29, 0.717) is 5.92 Å². The molecule has 1 aromatic carbocycles. The summed E-state index contributed by atoms with van der Waals surface area (Å²) < 4.78 is 0. The summed E-state index contributed by atoms with van der Waals surface area (Å²) in [6.07, 6.45) is 5.30. The molecule has 0 fully saturated rings. The molecule has 0 aliphatic rings. The first-order chi connectivity index (χ1) is 6.69. The van der Waals surface area contributed by atoms with Crippen LogP contribution in [0.25, 0.3) is 0 Å². The summed E-state index contributed by atoms with van der Waals surface area (Å²) in [7, 11) is 0. The zero-order valence-electron chi connectivity index (χ0n) is 8.49. The molecule has 0 aromatic heterocycles. The largest absolute Gasteiger partial charge is 0.198 e. The van der Waals surface area contributed by atoms with Crippen LogP contribution in [0.15, 0.2) is 24.3 Å². The van der Waals surface area contributed by atoms with Gasteiger partial charge in [-0.25, -0.2) is 0 Å². The second kappa shape index (κ2) is 4.49. The van der Waals surface area contributed by atoms with Crippen LogP contribution < -0.4 is 0 Å². The van der Waals surface area contributed by atoms with Gasteiger partial charge in [0.15, 0.2) is 0 Å². The van der Waals surface area contributed by atoms with E-state index in [9.17, 15) is 0 Å². The first-order valence-corrected chi connectivity index (χ1v) is 4.65. The quantitative estimate of drug-likeness (QED) is 0.647. The van der Waals surface area contributed by atoms with E-state index < -0.39 is 0 Å². The number of rotatable bonds is 2. The first kappa shape index (κ1) is 10.4. The molecule has 0 spiro atoms. The fourth-order valence-electron chi connectivity index (χ4n) is 1.43. The van der Waals surface area contributed by atoms with E-state index in [1.165, 1.54) is 0 Å². The van der Waals surface area contributed by atoms with Gasteiger partial charge in [-0.1, -0.05) is 31.9 Å². The monoisotopic (exact) mass is 183 g/mol. The van der Waals surface area contributed by atoms with Crippen LogP contribution in [-0.2, 0) is 0 Å². The van der Waals surface area contributed by atoms with Crippen molar-refractivity contribution in [1.29, 1.82) is 5.26 Å². The lowest BCUT2D eigenvalue weighted by atomic mass is 9.89. The van der Waals surface area contributed by atoms with Crippen molar-refractivity contribution in [3.8, 4) is 18.4 Å². The van der Waals surface area contributed by atoms with Crippen molar-refractivity contribution in [3.63, 3.8) is 0 Å². The Morgan fingerprint density at radius 2 is 2.07 bits per heavy atom. The normalized spacial score (nSPS) is 11.8. The van der Waals surface area contributed by atoms with E-state index in [1.54, 1.807) is 0 Å². The van der Waals surface area contributed by atoms with Crippen LogP contribution in [0.1, 0.15) is 30.9 Å². The zero-order chi connectivity index (χ0) is 10.6. The summed E-state index contributed by atoms with van der Waals surface area (Å²) in [6, 6.07) is 9.94. The molecule has 0 N–H and O–H groups in total. The van der Waals surface area contributed by atoms with Crippen LogP contribution in [0.3, 0.4) is 0 Å². The molecule has 0 amide bonds. The molecule has 0 aliphatic heterocycles. The number of nitriles is 1. The van der Waals surface area contributed by atoms with Crippen molar-refractivity contribution < 1.29 is 0 Å². The van der Waals surface area contributed by atoms with E-state index in [4.69, 9.17) is 11.7 Å². The molecule has 14 heavy (non-hydrogen) atoms.